The van der Waals surface area contributed by atoms with Gasteiger partial charge in [-0.25, -0.2) is 18.4 Å². The summed E-state index contributed by atoms with van der Waals surface area (Å²) in [4.78, 5) is 8.94. The van der Waals surface area contributed by atoms with E-state index in [-0.39, 0.29) is 48.7 Å². The molecule has 0 bridgehead atoms. The van der Waals surface area contributed by atoms with Crippen LogP contribution in [0, 0.1) is 0 Å². The smallest absolute Gasteiger partial charge is 0.354 e. The van der Waals surface area contributed by atoms with Gasteiger partial charge in [0.2, 0.25) is 10.0 Å². The molecule has 4 rings (SSSR count). The van der Waals surface area contributed by atoms with Crippen LogP contribution >= 0.6 is 11.6 Å². The summed E-state index contributed by atoms with van der Waals surface area (Å²) in [6.07, 6.45) is -3.49. The molecule has 2 aliphatic rings. The number of hydrogen-bond acceptors (Lipinski definition) is 7. The Balaban J connectivity index is 1.78. The molecule has 4 heterocycles. The molecular weight excluding hydrogens is 473 g/mol. The molecule has 2 aromatic heterocycles. The average Bonchev–Trinajstić information content (AvgIpc) is 2.78. The lowest BCUT2D eigenvalue weighted by atomic mass is 10.0. The van der Waals surface area contributed by atoms with Gasteiger partial charge in [0.25, 0.3) is 0 Å². The van der Waals surface area contributed by atoms with Crippen molar-refractivity contribution in [2.24, 2.45) is 0 Å². The van der Waals surface area contributed by atoms with Crippen LogP contribution in [0.25, 0.3) is 0 Å². The Kier molecular flexibility index (Phi) is 6.34. The number of aromatic nitrogens is 2. The van der Waals surface area contributed by atoms with Gasteiger partial charge in [0, 0.05) is 38.5 Å². The van der Waals surface area contributed by atoms with Gasteiger partial charge in [-0.05, 0) is 30.2 Å². The highest BCUT2D eigenvalue weighted by atomic mass is 35.5. The number of morpholine rings is 1. The highest BCUT2D eigenvalue weighted by Crippen LogP contribution is 2.36. The fourth-order valence-electron chi connectivity index (χ4n) is 3.73. The van der Waals surface area contributed by atoms with E-state index >= 15 is 0 Å². The standard InChI is InChI=1S/C19H20ClF3N4O4S/c1-30-16-11-27(8-9-31-16)32(28,29)14-2-3-15(19(21,22)23)25-18(14)26-7-5-12-4-6-24-17(20)13(12)10-26/h2-4,6,16H,5,7-11H2,1H3. The maximum Gasteiger partial charge on any atom is 0.433 e. The highest BCUT2D eigenvalue weighted by molar-refractivity contribution is 7.89. The number of pyridine rings is 2. The zero-order chi connectivity index (χ0) is 23.1. The lowest BCUT2D eigenvalue weighted by Crippen LogP contribution is -2.46. The number of ether oxygens (including phenoxy) is 2. The first kappa shape index (κ1) is 23.2. The number of nitrogens with zero attached hydrogens (tertiary/aromatic N) is 4. The van der Waals surface area contributed by atoms with Crippen molar-refractivity contribution in [3.05, 3.63) is 46.4 Å². The molecule has 0 aliphatic carbocycles. The van der Waals surface area contributed by atoms with Gasteiger partial charge in [0.05, 0.1) is 13.2 Å². The van der Waals surface area contributed by atoms with E-state index in [0.717, 1.165) is 15.9 Å². The molecule has 2 aromatic rings. The van der Waals surface area contributed by atoms with Crippen molar-refractivity contribution in [2.75, 3.05) is 38.3 Å². The molecule has 1 saturated heterocycles. The van der Waals surface area contributed by atoms with Crippen LogP contribution in [-0.2, 0) is 38.6 Å². The minimum absolute atomic E-state index is 0.0429. The predicted octanol–water partition coefficient (Wildman–Crippen LogP) is 2.70. The molecule has 0 aromatic carbocycles. The van der Waals surface area contributed by atoms with Crippen molar-refractivity contribution >= 4 is 27.4 Å². The van der Waals surface area contributed by atoms with Crippen LogP contribution in [0.1, 0.15) is 16.8 Å². The fraction of sp³-hybridized carbons (Fsp3) is 0.474. The summed E-state index contributed by atoms with van der Waals surface area (Å²) in [6, 6.07) is 3.42. The molecule has 0 saturated carbocycles. The average molecular weight is 493 g/mol. The summed E-state index contributed by atoms with van der Waals surface area (Å²) in [7, 11) is -2.80. The minimum atomic E-state index is -4.73. The van der Waals surface area contributed by atoms with E-state index in [1.165, 1.54) is 12.0 Å². The summed E-state index contributed by atoms with van der Waals surface area (Å²) in [6.45, 7) is 0.412. The topological polar surface area (TPSA) is 84.9 Å². The maximum atomic E-state index is 13.4. The SMILES string of the molecule is COC1CN(S(=O)(=O)c2ccc(C(F)(F)F)nc2N2CCc3ccnc(Cl)c3C2)CCO1. The third-order valence-corrected chi connectivity index (χ3v) is 7.62. The van der Waals surface area contributed by atoms with Gasteiger partial charge >= 0.3 is 6.18 Å². The first-order chi connectivity index (χ1) is 15.1. The van der Waals surface area contributed by atoms with E-state index in [2.05, 4.69) is 9.97 Å². The normalized spacial score (nSPS) is 20.3. The molecule has 0 amide bonds. The number of rotatable bonds is 4. The number of fused-ring (bicyclic) bond motifs is 1. The number of sulfonamides is 1. The summed E-state index contributed by atoms with van der Waals surface area (Å²) >= 11 is 6.19. The summed E-state index contributed by atoms with van der Waals surface area (Å²) in [5.41, 5.74) is 0.369. The zero-order valence-corrected chi connectivity index (χ0v) is 18.5. The molecule has 0 N–H and O–H groups in total. The maximum absolute atomic E-state index is 13.4. The molecule has 1 fully saturated rings. The van der Waals surface area contributed by atoms with Gasteiger partial charge < -0.3 is 14.4 Å². The predicted molar refractivity (Wildman–Crippen MR) is 109 cm³/mol. The van der Waals surface area contributed by atoms with Gasteiger partial charge in [-0.3, -0.25) is 0 Å². The molecule has 13 heteroatoms. The number of methoxy groups -OCH3 is 1. The van der Waals surface area contributed by atoms with Crippen LogP contribution < -0.4 is 4.90 Å². The third kappa shape index (κ3) is 4.42. The van der Waals surface area contributed by atoms with Crippen LogP contribution in [0.15, 0.2) is 29.3 Å². The van der Waals surface area contributed by atoms with Crippen molar-refractivity contribution in [2.45, 2.75) is 30.3 Å². The second-order valence-corrected chi connectivity index (χ2v) is 9.59. The monoisotopic (exact) mass is 492 g/mol. The molecule has 0 spiro atoms. The van der Waals surface area contributed by atoms with Crippen LogP contribution in [0.4, 0.5) is 19.0 Å². The number of anilines is 1. The first-order valence-corrected chi connectivity index (χ1v) is 11.5. The van der Waals surface area contributed by atoms with Gasteiger partial charge in [-0.2, -0.15) is 17.5 Å². The van der Waals surface area contributed by atoms with Crippen molar-refractivity contribution < 1.29 is 31.1 Å². The Morgan fingerprint density at radius 3 is 2.75 bits per heavy atom. The van der Waals surface area contributed by atoms with Crippen LogP contribution in [-0.4, -0.2) is 62.3 Å². The van der Waals surface area contributed by atoms with E-state index in [9.17, 15) is 21.6 Å². The second kappa shape index (κ2) is 8.75. The van der Waals surface area contributed by atoms with Gasteiger partial charge in [0.15, 0.2) is 6.29 Å². The quantitative estimate of drug-likeness (QED) is 0.607. The van der Waals surface area contributed by atoms with E-state index in [0.29, 0.717) is 18.1 Å². The third-order valence-electron chi connectivity index (χ3n) is 5.41. The molecule has 2 aliphatic heterocycles. The highest BCUT2D eigenvalue weighted by Gasteiger charge is 2.38. The number of alkyl halides is 3. The van der Waals surface area contributed by atoms with E-state index < -0.39 is 28.2 Å². The summed E-state index contributed by atoms with van der Waals surface area (Å²) < 4.78 is 78.6. The fourth-order valence-corrected chi connectivity index (χ4v) is 5.52. The molecule has 8 nitrogen and oxygen atoms in total. The molecule has 174 valence electrons. The minimum Gasteiger partial charge on any atom is -0.354 e. The van der Waals surface area contributed by atoms with Gasteiger partial charge in [0.1, 0.15) is 21.6 Å². The van der Waals surface area contributed by atoms with Crippen LogP contribution in [0.5, 0.6) is 0 Å². The molecule has 32 heavy (non-hydrogen) atoms. The van der Waals surface area contributed by atoms with E-state index in [4.69, 9.17) is 21.1 Å². The summed E-state index contributed by atoms with van der Waals surface area (Å²) in [5, 5.41) is 0.222. The van der Waals surface area contributed by atoms with Gasteiger partial charge in [-0.1, -0.05) is 11.6 Å². The van der Waals surface area contributed by atoms with E-state index in [1.807, 2.05) is 0 Å². The van der Waals surface area contributed by atoms with Crippen LogP contribution in [0.3, 0.4) is 0 Å². The molecule has 1 unspecified atom stereocenters. The molecular formula is C19H20ClF3N4O4S. The Hall–Kier alpha value is -1.99. The molecule has 1 atom stereocenters. The van der Waals surface area contributed by atoms with Crippen molar-refractivity contribution in [1.82, 2.24) is 14.3 Å². The van der Waals surface area contributed by atoms with Crippen molar-refractivity contribution in [3.8, 4) is 0 Å². The Bertz CT molecular complexity index is 1120. The summed E-state index contributed by atoms with van der Waals surface area (Å²) in [5.74, 6) is -0.272. The largest absolute Gasteiger partial charge is 0.433 e. The number of hydrogen-bond donors (Lipinski definition) is 0. The van der Waals surface area contributed by atoms with E-state index in [1.54, 1.807) is 12.3 Å². The Morgan fingerprint density at radius 1 is 1.25 bits per heavy atom. The Labute approximate surface area is 188 Å². The Morgan fingerprint density at radius 2 is 2.03 bits per heavy atom. The van der Waals surface area contributed by atoms with Crippen molar-refractivity contribution in [1.29, 1.82) is 0 Å². The van der Waals surface area contributed by atoms with Crippen LogP contribution in [0.2, 0.25) is 5.15 Å². The first-order valence-electron chi connectivity index (χ1n) is 9.71. The molecule has 0 radical (unpaired) electrons. The lowest BCUT2D eigenvalue weighted by molar-refractivity contribution is -0.151. The number of halogens is 4. The second-order valence-electron chi connectivity index (χ2n) is 7.33. The lowest BCUT2D eigenvalue weighted by Gasteiger charge is -2.34. The van der Waals surface area contributed by atoms with Crippen molar-refractivity contribution in [3.63, 3.8) is 0 Å². The zero-order valence-electron chi connectivity index (χ0n) is 17.0. The van der Waals surface area contributed by atoms with Gasteiger partial charge in [-0.15, -0.1) is 0 Å².